The number of nitrogens with zero attached hydrogens (tertiary/aromatic N) is 1. The lowest BCUT2D eigenvalue weighted by Gasteiger charge is -2.13. The van der Waals surface area contributed by atoms with Crippen LogP contribution in [-0.2, 0) is 19.4 Å². The van der Waals surface area contributed by atoms with Crippen LogP contribution >= 0.6 is 46.1 Å². The summed E-state index contributed by atoms with van der Waals surface area (Å²) in [4.78, 5) is 31.1. The summed E-state index contributed by atoms with van der Waals surface area (Å²) in [6.07, 6.45) is 5.04. The maximum atomic E-state index is 13.1. The summed E-state index contributed by atoms with van der Waals surface area (Å²) >= 11 is 19.5. The summed E-state index contributed by atoms with van der Waals surface area (Å²) in [5, 5.41) is 6.48. The van der Waals surface area contributed by atoms with E-state index in [4.69, 9.17) is 34.8 Å². The number of halogens is 3. The van der Waals surface area contributed by atoms with Gasteiger partial charge in [-0.15, -0.1) is 11.3 Å². The van der Waals surface area contributed by atoms with Crippen LogP contribution < -0.4 is 10.6 Å². The van der Waals surface area contributed by atoms with Gasteiger partial charge >= 0.3 is 0 Å². The molecule has 0 saturated carbocycles. The molecule has 2 N–H and O–H groups in total. The van der Waals surface area contributed by atoms with Crippen molar-refractivity contribution >= 4 is 63.0 Å². The monoisotopic (exact) mass is 493 g/mol. The van der Waals surface area contributed by atoms with Crippen LogP contribution in [0.15, 0.2) is 36.5 Å². The number of rotatable bonds is 5. The van der Waals surface area contributed by atoms with E-state index < -0.39 is 5.91 Å². The Morgan fingerprint density at radius 2 is 1.74 bits per heavy atom. The normalized spacial score (nSPS) is 12.9. The smallest absolute Gasteiger partial charge is 0.276 e. The number of benzene rings is 1. The summed E-state index contributed by atoms with van der Waals surface area (Å²) in [5.74, 6) is -0.758. The molecule has 4 rings (SSSR count). The molecule has 0 bridgehead atoms. The molecule has 1 aliphatic carbocycles. The minimum Gasteiger partial charge on any atom is -0.348 e. The lowest BCUT2D eigenvalue weighted by atomic mass is 9.95. The number of pyridine rings is 1. The van der Waals surface area contributed by atoms with Gasteiger partial charge in [0.15, 0.2) is 0 Å². The number of carbonyl (C=O) groups is 2. The molecule has 0 aliphatic heterocycles. The van der Waals surface area contributed by atoms with E-state index in [1.807, 2.05) is 30.3 Å². The molecule has 0 unspecified atom stereocenters. The van der Waals surface area contributed by atoms with E-state index in [1.165, 1.54) is 17.5 Å². The zero-order valence-electron chi connectivity index (χ0n) is 16.3. The Morgan fingerprint density at radius 1 is 1.00 bits per heavy atom. The van der Waals surface area contributed by atoms with Crippen LogP contribution in [0.25, 0.3) is 0 Å². The average Bonchev–Trinajstić information content (AvgIpc) is 3.14. The lowest BCUT2D eigenvalue weighted by Crippen LogP contribution is -2.25. The zero-order valence-corrected chi connectivity index (χ0v) is 19.4. The molecular formula is C22H18Cl3N3O2S. The van der Waals surface area contributed by atoms with Gasteiger partial charge in [0.25, 0.3) is 11.8 Å². The highest BCUT2D eigenvalue weighted by atomic mass is 35.5. The van der Waals surface area contributed by atoms with E-state index in [9.17, 15) is 9.59 Å². The summed E-state index contributed by atoms with van der Waals surface area (Å²) in [6, 6.07) is 9.67. The van der Waals surface area contributed by atoms with Crippen LogP contribution in [-0.4, -0.2) is 16.8 Å². The summed E-state index contributed by atoms with van der Waals surface area (Å²) in [6.45, 7) is 0.401. The molecule has 0 atom stereocenters. The molecule has 3 aromatic rings. The van der Waals surface area contributed by atoms with Crippen molar-refractivity contribution in [3.63, 3.8) is 0 Å². The van der Waals surface area contributed by atoms with Crippen molar-refractivity contribution in [1.82, 2.24) is 10.3 Å². The van der Waals surface area contributed by atoms with Crippen LogP contribution in [0.5, 0.6) is 0 Å². The second-order valence-electron chi connectivity index (χ2n) is 7.12. The maximum Gasteiger partial charge on any atom is 0.276 e. The Kier molecular flexibility index (Phi) is 6.82. The van der Waals surface area contributed by atoms with Gasteiger partial charge in [0, 0.05) is 17.6 Å². The third-order valence-corrected chi connectivity index (χ3v) is 7.50. The summed E-state index contributed by atoms with van der Waals surface area (Å²) in [7, 11) is 0. The van der Waals surface area contributed by atoms with E-state index >= 15 is 0 Å². The van der Waals surface area contributed by atoms with E-state index in [0.29, 0.717) is 17.1 Å². The van der Waals surface area contributed by atoms with Gasteiger partial charge in [-0.25, -0.2) is 4.98 Å². The first-order valence-corrected chi connectivity index (χ1v) is 11.7. The first kappa shape index (κ1) is 22.1. The SMILES string of the molecule is O=C(Nc1sc2c(c1C(=O)NCc1ccccc1)CCCC2)c1ncc(Cl)c(Cl)c1Cl. The Hall–Kier alpha value is -2.12. The van der Waals surface area contributed by atoms with Gasteiger partial charge in [0.1, 0.15) is 10.7 Å². The van der Waals surface area contributed by atoms with Gasteiger partial charge in [0.05, 0.1) is 20.6 Å². The highest BCUT2D eigenvalue weighted by Crippen LogP contribution is 2.39. The maximum absolute atomic E-state index is 13.1. The second kappa shape index (κ2) is 9.57. The highest BCUT2D eigenvalue weighted by molar-refractivity contribution is 7.17. The summed E-state index contributed by atoms with van der Waals surface area (Å²) < 4.78 is 0. The predicted molar refractivity (Wildman–Crippen MR) is 126 cm³/mol. The van der Waals surface area contributed by atoms with Gasteiger partial charge in [-0.05, 0) is 36.8 Å². The Balaban J connectivity index is 1.62. The largest absolute Gasteiger partial charge is 0.348 e. The molecule has 2 aromatic heterocycles. The van der Waals surface area contributed by atoms with Crippen molar-refractivity contribution in [1.29, 1.82) is 0 Å². The fourth-order valence-corrected chi connectivity index (χ4v) is 5.37. The second-order valence-corrected chi connectivity index (χ2v) is 9.39. The van der Waals surface area contributed by atoms with Crippen molar-refractivity contribution in [2.45, 2.75) is 32.2 Å². The Bertz CT molecular complexity index is 1150. The van der Waals surface area contributed by atoms with E-state index in [1.54, 1.807) is 0 Å². The number of carbonyl (C=O) groups excluding carboxylic acids is 2. The fourth-order valence-electron chi connectivity index (χ4n) is 3.52. The molecule has 31 heavy (non-hydrogen) atoms. The van der Waals surface area contributed by atoms with Gasteiger partial charge in [-0.3, -0.25) is 9.59 Å². The molecule has 0 radical (unpaired) electrons. The Morgan fingerprint density at radius 3 is 2.52 bits per heavy atom. The van der Waals surface area contributed by atoms with Crippen molar-refractivity contribution in [3.8, 4) is 0 Å². The van der Waals surface area contributed by atoms with Crippen molar-refractivity contribution in [2.75, 3.05) is 5.32 Å². The number of thiophene rings is 1. The van der Waals surface area contributed by atoms with Gasteiger partial charge in [0.2, 0.25) is 0 Å². The number of amides is 2. The fraction of sp³-hybridized carbons (Fsp3) is 0.227. The van der Waals surface area contributed by atoms with Crippen LogP contribution in [0.4, 0.5) is 5.00 Å². The highest BCUT2D eigenvalue weighted by Gasteiger charge is 2.27. The zero-order chi connectivity index (χ0) is 22.0. The van der Waals surface area contributed by atoms with E-state index in [-0.39, 0.29) is 26.7 Å². The minimum atomic E-state index is -0.542. The first-order chi connectivity index (χ1) is 15.0. The molecule has 1 aromatic carbocycles. The van der Waals surface area contributed by atoms with Crippen LogP contribution in [0, 0.1) is 0 Å². The molecule has 0 fully saturated rings. The first-order valence-electron chi connectivity index (χ1n) is 9.73. The predicted octanol–water partition coefficient (Wildman–Crippen LogP) is 6.16. The molecule has 0 spiro atoms. The molecule has 0 saturated heterocycles. The van der Waals surface area contributed by atoms with Crippen LogP contribution in [0.1, 0.15) is 49.7 Å². The average molecular weight is 495 g/mol. The topological polar surface area (TPSA) is 71.1 Å². The number of hydrogen-bond acceptors (Lipinski definition) is 4. The molecule has 9 heteroatoms. The summed E-state index contributed by atoms with van der Waals surface area (Å²) in [5.41, 5.74) is 2.47. The number of hydrogen-bond donors (Lipinski definition) is 2. The third kappa shape index (κ3) is 4.72. The molecule has 1 aliphatic rings. The quantitative estimate of drug-likeness (QED) is 0.446. The molecule has 2 heterocycles. The van der Waals surface area contributed by atoms with Crippen molar-refractivity contribution in [3.05, 3.63) is 78.9 Å². The standard InChI is InChI=1S/C22H18Cl3N3O2S/c23-14-11-26-19(18(25)17(14)24)21(30)28-22-16(13-8-4-5-9-15(13)31-22)20(29)27-10-12-6-2-1-3-7-12/h1-3,6-7,11H,4-5,8-10H2,(H,27,29)(H,28,30). The van der Waals surface area contributed by atoms with Gasteiger partial charge in [-0.2, -0.15) is 0 Å². The van der Waals surface area contributed by atoms with Crippen molar-refractivity contribution in [2.24, 2.45) is 0 Å². The molecule has 2 amide bonds. The lowest BCUT2D eigenvalue weighted by molar-refractivity contribution is 0.0951. The minimum absolute atomic E-state index is 0.0249. The van der Waals surface area contributed by atoms with Crippen LogP contribution in [0.2, 0.25) is 15.1 Å². The van der Waals surface area contributed by atoms with Crippen molar-refractivity contribution < 1.29 is 9.59 Å². The molecule has 160 valence electrons. The van der Waals surface area contributed by atoms with E-state index in [0.717, 1.165) is 41.7 Å². The van der Waals surface area contributed by atoms with E-state index in [2.05, 4.69) is 15.6 Å². The molecular weight excluding hydrogens is 477 g/mol. The molecule has 5 nitrogen and oxygen atoms in total. The number of anilines is 1. The Labute approximate surface area is 198 Å². The third-order valence-electron chi connectivity index (χ3n) is 5.05. The van der Waals surface area contributed by atoms with Crippen LogP contribution in [0.3, 0.4) is 0 Å². The number of nitrogens with one attached hydrogen (secondary N) is 2. The number of aromatic nitrogens is 1. The number of aryl methyl sites for hydroxylation is 1. The number of fused-ring (bicyclic) bond motifs is 1. The van der Waals surface area contributed by atoms with Gasteiger partial charge in [-0.1, -0.05) is 65.1 Å². The van der Waals surface area contributed by atoms with Gasteiger partial charge < -0.3 is 10.6 Å².